The van der Waals surface area contributed by atoms with Crippen molar-refractivity contribution in [1.82, 2.24) is 42.1 Å². The summed E-state index contributed by atoms with van der Waals surface area (Å²) in [6.45, 7) is -1.46. The van der Waals surface area contributed by atoms with Crippen LogP contribution in [0.15, 0.2) is 9.98 Å². The Hall–Kier alpha value is -6.63. The number of likely N-dealkylation sites (tertiary alicyclic amines) is 1. The van der Waals surface area contributed by atoms with Gasteiger partial charge in [0, 0.05) is 37.6 Å². The van der Waals surface area contributed by atoms with Crippen LogP contribution in [0.3, 0.4) is 0 Å². The molecule has 1 rings (SSSR count). The van der Waals surface area contributed by atoms with Crippen molar-refractivity contribution in [2.45, 2.75) is 100 Å². The first kappa shape index (κ1) is 58.4. The van der Waals surface area contributed by atoms with Gasteiger partial charge in [0.05, 0.1) is 25.6 Å². The van der Waals surface area contributed by atoms with Crippen molar-refractivity contribution < 1.29 is 68.1 Å². The van der Waals surface area contributed by atoms with E-state index in [-0.39, 0.29) is 75.2 Å². The minimum Gasteiger partial charge on any atom is -0.481 e. The molecule has 1 fully saturated rings. The fourth-order valence-corrected chi connectivity index (χ4v) is 6.50. The number of nitrogens with two attached hydrogens (primary N) is 5. The molecule has 0 aromatic carbocycles. The maximum atomic E-state index is 13.5. The Balaban J connectivity index is 3.14. The molecule has 0 saturated carbocycles. The number of amides is 8. The average Bonchev–Trinajstić information content (AvgIpc) is 3.76. The quantitative estimate of drug-likeness (QED) is 0.0133. The lowest BCUT2D eigenvalue weighted by Gasteiger charge is -2.27. The van der Waals surface area contributed by atoms with Crippen LogP contribution in [-0.4, -0.2) is 184 Å². The molecule has 0 aliphatic carbocycles. The van der Waals surface area contributed by atoms with Crippen molar-refractivity contribution in [3.05, 3.63) is 0 Å². The standard InChI is InChI=1S/C36H61N15O14S2/c37-17(15-66)28(58)47-18(4-1-9-42-35(38)39)29(59)44-13-24(52)46-21(12-27(56)57)32(62)48-19(5-2-10-43-36(40)41)30(60)45-14-25(53)51-11-3-6-23(51)33(63)49-20(7-8-26(54)55)31(61)50-22(16-67)34(64)65/h17-23,66-67H,1-16,37H2,(H,44,59)(H,45,60)(H,46,52)(H,47,58)(H,48,62)(H,49,63)(H,50,61)(H,54,55)(H,56,57)(H,64,65)(H4,38,39,42)(H4,40,41,43)/t17-,18-,19-,20-,21-,22-,23-/m0/s1. The molecule has 1 aliphatic heterocycles. The Morgan fingerprint density at radius 2 is 1.12 bits per heavy atom. The van der Waals surface area contributed by atoms with E-state index in [1.54, 1.807) is 0 Å². The van der Waals surface area contributed by atoms with Crippen molar-refractivity contribution in [1.29, 1.82) is 0 Å². The lowest BCUT2D eigenvalue weighted by molar-refractivity contribution is -0.143. The van der Waals surface area contributed by atoms with Gasteiger partial charge < -0.3 is 86.1 Å². The van der Waals surface area contributed by atoms with Gasteiger partial charge in [-0.3, -0.25) is 57.9 Å². The van der Waals surface area contributed by atoms with Crippen molar-refractivity contribution in [2.24, 2.45) is 38.7 Å². The van der Waals surface area contributed by atoms with Crippen LogP contribution in [0.2, 0.25) is 0 Å². The van der Waals surface area contributed by atoms with E-state index in [0.717, 1.165) is 4.90 Å². The number of hydrogen-bond acceptors (Lipinski definition) is 16. The maximum Gasteiger partial charge on any atom is 0.327 e. The highest BCUT2D eigenvalue weighted by atomic mass is 32.1. The van der Waals surface area contributed by atoms with Crippen molar-refractivity contribution >= 4 is 102 Å². The van der Waals surface area contributed by atoms with E-state index in [2.05, 4.69) is 72.5 Å². The van der Waals surface area contributed by atoms with E-state index in [9.17, 15) is 63.0 Å². The normalized spacial score (nSPS) is 15.6. The van der Waals surface area contributed by atoms with Crippen LogP contribution < -0.4 is 65.9 Å². The fourth-order valence-electron chi connectivity index (χ4n) is 6.09. The van der Waals surface area contributed by atoms with Gasteiger partial charge in [0.25, 0.3) is 0 Å². The zero-order valence-corrected chi connectivity index (χ0v) is 38.1. The molecule has 7 atom stereocenters. The molecule has 8 amide bonds. The largest absolute Gasteiger partial charge is 0.481 e. The van der Waals surface area contributed by atoms with Gasteiger partial charge in [0.1, 0.15) is 36.3 Å². The molecular formula is C36H61N15O14S2. The number of carbonyl (C=O) groups excluding carboxylic acids is 8. The molecule has 67 heavy (non-hydrogen) atoms. The molecule has 31 heteroatoms. The number of aliphatic carboxylic acids is 3. The van der Waals surface area contributed by atoms with E-state index in [0.29, 0.717) is 6.42 Å². The third-order valence-corrected chi connectivity index (χ3v) is 10.3. The minimum absolute atomic E-state index is 0.00269. The summed E-state index contributed by atoms with van der Waals surface area (Å²) in [6, 6.07) is -9.78. The van der Waals surface area contributed by atoms with Crippen LogP contribution in [0.1, 0.15) is 57.8 Å². The molecule has 0 unspecified atom stereocenters. The van der Waals surface area contributed by atoms with Crippen molar-refractivity contribution in [2.75, 3.05) is 44.2 Å². The summed E-state index contributed by atoms with van der Waals surface area (Å²) >= 11 is 7.83. The second-order valence-corrected chi connectivity index (χ2v) is 15.5. The molecule has 1 saturated heterocycles. The van der Waals surface area contributed by atoms with E-state index in [1.165, 1.54) is 0 Å². The number of carboxylic acid groups (broad SMARTS) is 3. The van der Waals surface area contributed by atoms with Crippen LogP contribution in [-0.2, 0) is 52.7 Å². The third kappa shape index (κ3) is 22.9. The van der Waals surface area contributed by atoms with Gasteiger partial charge in [0.15, 0.2) is 11.9 Å². The predicted octanol–water partition coefficient (Wildman–Crippen LogP) is -7.65. The van der Waals surface area contributed by atoms with E-state index < -0.39 is 140 Å². The number of guanidine groups is 2. The highest BCUT2D eigenvalue weighted by Gasteiger charge is 2.37. The summed E-state index contributed by atoms with van der Waals surface area (Å²) < 4.78 is 0. The van der Waals surface area contributed by atoms with E-state index >= 15 is 0 Å². The molecule has 0 bridgehead atoms. The average molecular weight is 992 g/mol. The summed E-state index contributed by atoms with van der Waals surface area (Å²) in [6.07, 6.45) is -1.53. The Bertz CT molecular complexity index is 1850. The third-order valence-electron chi connectivity index (χ3n) is 9.51. The molecule has 29 nitrogen and oxygen atoms in total. The van der Waals surface area contributed by atoms with Gasteiger partial charge in [-0.1, -0.05) is 0 Å². The van der Waals surface area contributed by atoms with Crippen LogP contribution in [0.25, 0.3) is 0 Å². The number of aliphatic imine (C=N–C) groups is 2. The lowest BCUT2D eigenvalue weighted by Crippen LogP contribution is -2.57. The van der Waals surface area contributed by atoms with Gasteiger partial charge in [-0.2, -0.15) is 25.3 Å². The van der Waals surface area contributed by atoms with Gasteiger partial charge >= 0.3 is 17.9 Å². The number of rotatable bonds is 31. The van der Waals surface area contributed by atoms with Gasteiger partial charge in [-0.25, -0.2) is 4.79 Å². The SMILES string of the molecule is NC(N)=NCCC[C@H](NC(=O)[C@H](CC(=O)O)NC(=O)CNC(=O)[C@H](CCCN=C(N)N)NC(=O)[C@@H](N)CS)C(=O)NCC(=O)N1CCC[C@H]1C(=O)N[C@@H](CCC(=O)O)C(=O)N[C@@H](CS)C(=O)O. The van der Waals surface area contributed by atoms with Crippen LogP contribution in [0.5, 0.6) is 0 Å². The Morgan fingerprint density at radius 3 is 1.61 bits per heavy atom. The van der Waals surface area contributed by atoms with Crippen LogP contribution in [0, 0.1) is 0 Å². The number of nitrogens with one attached hydrogen (secondary N) is 7. The van der Waals surface area contributed by atoms with Crippen LogP contribution in [0.4, 0.5) is 0 Å². The predicted molar refractivity (Wildman–Crippen MR) is 243 cm³/mol. The first-order chi connectivity index (χ1) is 31.5. The number of hydrogen-bond donors (Lipinski definition) is 17. The maximum absolute atomic E-state index is 13.5. The van der Waals surface area contributed by atoms with Crippen molar-refractivity contribution in [3.63, 3.8) is 0 Å². The summed E-state index contributed by atoms with van der Waals surface area (Å²) in [5.74, 6) is -12.6. The monoisotopic (exact) mass is 991 g/mol. The molecule has 0 spiro atoms. The summed E-state index contributed by atoms with van der Waals surface area (Å²) in [5, 5.41) is 44.1. The number of carboxylic acids is 3. The van der Waals surface area contributed by atoms with Gasteiger partial charge in [-0.05, 0) is 44.9 Å². The number of thiol groups is 2. The van der Waals surface area contributed by atoms with E-state index in [4.69, 9.17) is 33.8 Å². The topological polar surface area (TPSA) is 491 Å². The number of carbonyl (C=O) groups is 11. The van der Waals surface area contributed by atoms with Crippen LogP contribution >= 0.6 is 25.3 Å². The zero-order chi connectivity index (χ0) is 50.8. The Kier molecular flexibility index (Phi) is 26.6. The van der Waals surface area contributed by atoms with Gasteiger partial charge in [0.2, 0.25) is 47.3 Å². The Labute approximate surface area is 394 Å². The molecular weight excluding hydrogens is 931 g/mol. The summed E-state index contributed by atoms with van der Waals surface area (Å²) in [4.78, 5) is 148. The van der Waals surface area contributed by atoms with Gasteiger partial charge in [-0.15, -0.1) is 0 Å². The smallest absolute Gasteiger partial charge is 0.327 e. The molecule has 0 aromatic rings. The zero-order valence-electron chi connectivity index (χ0n) is 36.3. The highest BCUT2D eigenvalue weighted by molar-refractivity contribution is 7.80. The first-order valence-electron chi connectivity index (χ1n) is 20.6. The molecule has 0 aromatic heterocycles. The van der Waals surface area contributed by atoms with Crippen molar-refractivity contribution in [3.8, 4) is 0 Å². The number of nitrogens with zero attached hydrogens (tertiary/aromatic N) is 3. The summed E-state index contributed by atoms with van der Waals surface area (Å²) in [7, 11) is 0. The molecule has 1 aliphatic rings. The molecule has 0 radical (unpaired) electrons. The summed E-state index contributed by atoms with van der Waals surface area (Å²) in [5.41, 5.74) is 27.1. The lowest BCUT2D eigenvalue weighted by atomic mass is 10.1. The molecule has 376 valence electrons. The fraction of sp³-hybridized carbons (Fsp3) is 0.639. The minimum atomic E-state index is -1.82. The highest BCUT2D eigenvalue weighted by Crippen LogP contribution is 2.18. The Morgan fingerprint density at radius 1 is 0.612 bits per heavy atom. The van der Waals surface area contributed by atoms with E-state index in [1.807, 2.05) is 0 Å². The second-order valence-electron chi connectivity index (χ2n) is 14.8. The molecule has 1 heterocycles. The second kappa shape index (κ2) is 30.6. The molecule has 20 N–H and O–H groups in total. The first-order valence-corrected chi connectivity index (χ1v) is 21.9.